The first-order valence-electron chi connectivity index (χ1n) is 5.00. The van der Waals surface area contributed by atoms with E-state index in [9.17, 15) is 13.6 Å². The maximum atomic E-state index is 12.8. The molecular formula is C12H10ClF2NO2. The highest BCUT2D eigenvalue weighted by Gasteiger charge is 2.18. The molecule has 0 unspecified atom stereocenters. The van der Waals surface area contributed by atoms with Gasteiger partial charge in [0.2, 0.25) is 0 Å². The molecule has 0 fully saturated rings. The molecule has 1 rings (SSSR count). The van der Waals surface area contributed by atoms with Gasteiger partial charge in [-0.25, -0.2) is 8.78 Å². The number of nitrogens with zero attached hydrogens (tertiary/aromatic N) is 1. The zero-order valence-corrected chi connectivity index (χ0v) is 10.3. The molecule has 0 aromatic heterocycles. The molecule has 3 nitrogen and oxygen atoms in total. The number of nitriles is 1. The van der Waals surface area contributed by atoms with E-state index >= 15 is 0 Å². The molecule has 18 heavy (non-hydrogen) atoms. The van der Waals surface area contributed by atoms with Gasteiger partial charge in [-0.1, -0.05) is 6.07 Å². The van der Waals surface area contributed by atoms with E-state index < -0.39 is 12.4 Å². The Labute approximate surface area is 108 Å². The van der Waals surface area contributed by atoms with Crippen molar-refractivity contribution in [3.8, 4) is 6.07 Å². The van der Waals surface area contributed by atoms with E-state index in [1.165, 1.54) is 13.2 Å². The third-order valence-electron chi connectivity index (χ3n) is 2.43. The first-order valence-corrected chi connectivity index (χ1v) is 5.53. The number of rotatable bonds is 4. The fourth-order valence-electron chi connectivity index (χ4n) is 1.51. The summed E-state index contributed by atoms with van der Waals surface area (Å²) in [7, 11) is 1.18. The molecule has 0 aliphatic heterocycles. The number of benzene rings is 1. The largest absolute Gasteiger partial charge is 0.469 e. The number of halogens is 3. The average Bonchev–Trinajstić information content (AvgIpc) is 2.37. The van der Waals surface area contributed by atoms with Crippen LogP contribution in [0.1, 0.15) is 28.7 Å². The van der Waals surface area contributed by atoms with Crippen molar-refractivity contribution in [2.45, 2.75) is 18.7 Å². The van der Waals surface area contributed by atoms with Crippen LogP contribution < -0.4 is 0 Å². The molecule has 0 amide bonds. The minimum Gasteiger partial charge on any atom is -0.469 e. The summed E-state index contributed by atoms with van der Waals surface area (Å²) >= 11 is 5.63. The van der Waals surface area contributed by atoms with Gasteiger partial charge >= 0.3 is 5.97 Å². The maximum absolute atomic E-state index is 12.8. The van der Waals surface area contributed by atoms with Crippen molar-refractivity contribution in [1.29, 1.82) is 5.26 Å². The Morgan fingerprint density at radius 2 is 2.17 bits per heavy atom. The van der Waals surface area contributed by atoms with Gasteiger partial charge in [-0.2, -0.15) is 5.26 Å². The third kappa shape index (κ3) is 3.17. The number of ether oxygens (including phenoxy) is 1. The van der Waals surface area contributed by atoms with E-state index in [2.05, 4.69) is 4.74 Å². The standard InChI is InChI=1S/C12H10ClF2NO2/c1-18-11(17)4-7-2-8(5-13)9(6-16)3-10(7)12(14)15/h2-3,12H,4-5H2,1H3. The Morgan fingerprint density at radius 1 is 1.50 bits per heavy atom. The highest BCUT2D eigenvalue weighted by molar-refractivity contribution is 6.17. The first kappa shape index (κ1) is 14.4. The lowest BCUT2D eigenvalue weighted by Gasteiger charge is -2.11. The Kier molecular flexibility index (Phi) is 5.05. The predicted molar refractivity (Wildman–Crippen MR) is 61.4 cm³/mol. The molecule has 0 saturated carbocycles. The van der Waals surface area contributed by atoms with Gasteiger partial charge in [0, 0.05) is 11.4 Å². The van der Waals surface area contributed by atoms with Crippen LogP contribution in [-0.4, -0.2) is 13.1 Å². The molecule has 0 bridgehead atoms. The molecule has 6 heteroatoms. The quantitative estimate of drug-likeness (QED) is 0.626. The topological polar surface area (TPSA) is 50.1 Å². The first-order chi connectivity index (χ1) is 8.53. The zero-order chi connectivity index (χ0) is 13.7. The van der Waals surface area contributed by atoms with Crippen LogP contribution in [0.4, 0.5) is 8.78 Å². The summed E-state index contributed by atoms with van der Waals surface area (Å²) in [5.74, 6) is -0.609. The normalized spacial score (nSPS) is 10.2. The average molecular weight is 274 g/mol. The molecule has 0 aliphatic rings. The van der Waals surface area contributed by atoms with Crippen LogP contribution in [0.3, 0.4) is 0 Å². The smallest absolute Gasteiger partial charge is 0.309 e. The van der Waals surface area contributed by atoms with Crippen LogP contribution in [0.5, 0.6) is 0 Å². The van der Waals surface area contributed by atoms with Gasteiger partial charge in [0.25, 0.3) is 6.43 Å². The maximum Gasteiger partial charge on any atom is 0.309 e. The van der Waals surface area contributed by atoms with Crippen LogP contribution in [0, 0.1) is 11.3 Å². The molecule has 1 aromatic carbocycles. The van der Waals surface area contributed by atoms with Gasteiger partial charge in [0.05, 0.1) is 25.2 Å². The Bertz CT molecular complexity index is 498. The van der Waals surface area contributed by atoms with Crippen LogP contribution in [0.2, 0.25) is 0 Å². The minimum atomic E-state index is -2.76. The Morgan fingerprint density at radius 3 is 2.61 bits per heavy atom. The van der Waals surface area contributed by atoms with Crippen LogP contribution >= 0.6 is 11.6 Å². The number of carbonyl (C=O) groups is 1. The number of esters is 1. The van der Waals surface area contributed by atoms with E-state index in [1.54, 1.807) is 6.07 Å². The highest BCUT2D eigenvalue weighted by atomic mass is 35.5. The van der Waals surface area contributed by atoms with Crippen molar-refractivity contribution in [2.24, 2.45) is 0 Å². The second-order valence-corrected chi connectivity index (χ2v) is 3.77. The number of hydrogen-bond acceptors (Lipinski definition) is 3. The second kappa shape index (κ2) is 6.31. The van der Waals surface area contributed by atoms with Crippen molar-refractivity contribution in [1.82, 2.24) is 0 Å². The fraction of sp³-hybridized carbons (Fsp3) is 0.333. The summed E-state index contributed by atoms with van der Waals surface area (Å²) in [6, 6.07) is 4.22. The molecule has 0 N–H and O–H groups in total. The SMILES string of the molecule is COC(=O)Cc1cc(CCl)c(C#N)cc1C(F)F. The predicted octanol–water partition coefficient (Wildman–Crippen LogP) is 2.95. The van der Waals surface area contributed by atoms with E-state index in [0.717, 1.165) is 6.07 Å². The molecule has 0 heterocycles. The van der Waals surface area contributed by atoms with Crippen molar-refractivity contribution < 1.29 is 18.3 Å². The van der Waals surface area contributed by atoms with E-state index in [1.807, 2.05) is 0 Å². The summed E-state index contributed by atoms with van der Waals surface area (Å²) in [5, 5.41) is 8.83. The molecule has 0 radical (unpaired) electrons. The highest BCUT2D eigenvalue weighted by Crippen LogP contribution is 2.27. The lowest BCUT2D eigenvalue weighted by molar-refractivity contribution is -0.139. The molecule has 0 aliphatic carbocycles. The molecule has 0 saturated heterocycles. The Balaban J connectivity index is 3.30. The van der Waals surface area contributed by atoms with Crippen LogP contribution in [0.15, 0.2) is 12.1 Å². The zero-order valence-electron chi connectivity index (χ0n) is 9.54. The van der Waals surface area contributed by atoms with Gasteiger partial charge in [-0.15, -0.1) is 11.6 Å². The molecule has 0 atom stereocenters. The summed E-state index contributed by atoms with van der Waals surface area (Å²) in [5.41, 5.74) is 0.300. The molecule has 1 aromatic rings. The lowest BCUT2D eigenvalue weighted by Crippen LogP contribution is -2.08. The van der Waals surface area contributed by atoms with Crippen molar-refractivity contribution in [2.75, 3.05) is 7.11 Å². The van der Waals surface area contributed by atoms with Gasteiger partial charge in [-0.3, -0.25) is 4.79 Å². The van der Waals surface area contributed by atoms with Crippen LogP contribution in [-0.2, 0) is 21.8 Å². The second-order valence-electron chi connectivity index (χ2n) is 3.51. The molecule has 0 spiro atoms. The minimum absolute atomic E-state index is 0.0145. The lowest BCUT2D eigenvalue weighted by atomic mass is 9.98. The Hall–Kier alpha value is -1.67. The van der Waals surface area contributed by atoms with Gasteiger partial charge < -0.3 is 4.74 Å². The van der Waals surface area contributed by atoms with E-state index in [0.29, 0.717) is 5.56 Å². The van der Waals surface area contributed by atoms with E-state index in [-0.39, 0.29) is 29.0 Å². The number of hydrogen-bond donors (Lipinski definition) is 0. The summed E-state index contributed by atoms with van der Waals surface area (Å²) in [6.45, 7) is 0. The van der Waals surface area contributed by atoms with Gasteiger partial charge in [0.15, 0.2) is 0 Å². The third-order valence-corrected chi connectivity index (χ3v) is 2.71. The monoisotopic (exact) mass is 273 g/mol. The summed E-state index contributed by atoms with van der Waals surface area (Å²) in [4.78, 5) is 11.1. The van der Waals surface area contributed by atoms with Crippen molar-refractivity contribution >= 4 is 17.6 Å². The number of carbonyl (C=O) groups excluding carboxylic acids is 1. The van der Waals surface area contributed by atoms with Crippen LogP contribution in [0.25, 0.3) is 0 Å². The van der Waals surface area contributed by atoms with Crippen molar-refractivity contribution in [3.05, 3.63) is 34.4 Å². The number of methoxy groups -OCH3 is 1. The fourth-order valence-corrected chi connectivity index (χ4v) is 1.73. The van der Waals surface area contributed by atoms with Gasteiger partial charge in [-0.05, 0) is 17.2 Å². The van der Waals surface area contributed by atoms with Gasteiger partial charge in [0.1, 0.15) is 0 Å². The molecular weight excluding hydrogens is 264 g/mol. The summed E-state index contributed by atoms with van der Waals surface area (Å²) < 4.78 is 30.1. The molecule has 96 valence electrons. The summed E-state index contributed by atoms with van der Waals surface area (Å²) in [6.07, 6.45) is -3.03. The van der Waals surface area contributed by atoms with E-state index in [4.69, 9.17) is 16.9 Å². The number of alkyl halides is 3. The van der Waals surface area contributed by atoms with Crippen molar-refractivity contribution in [3.63, 3.8) is 0 Å².